The molecule has 0 aliphatic heterocycles. The fourth-order valence-electron chi connectivity index (χ4n) is 3.07. The van der Waals surface area contributed by atoms with Crippen molar-refractivity contribution in [2.45, 2.75) is 36.6 Å². The lowest BCUT2D eigenvalue weighted by Gasteiger charge is -2.15. The van der Waals surface area contributed by atoms with Crippen molar-refractivity contribution in [2.24, 2.45) is 0 Å². The molecule has 3 rings (SSSR count). The Balaban J connectivity index is 1.85. The highest BCUT2D eigenvalue weighted by atomic mass is 32.2. The molecule has 28 heavy (non-hydrogen) atoms. The number of nitrogen functional groups attached to an aromatic ring is 1. The monoisotopic (exact) mass is 413 g/mol. The number of benzene rings is 2. The summed E-state index contributed by atoms with van der Waals surface area (Å²) in [5, 5.41) is 2.20. The second kappa shape index (κ2) is 7.80. The van der Waals surface area contributed by atoms with Gasteiger partial charge in [-0.3, -0.25) is 4.79 Å². The van der Waals surface area contributed by atoms with Crippen LogP contribution >= 0.6 is 0 Å². The van der Waals surface area contributed by atoms with E-state index in [0.717, 1.165) is 31.7 Å². The Morgan fingerprint density at radius 1 is 1.04 bits per heavy atom. The maximum atomic E-state index is 13.3. The first kappa shape index (κ1) is 20.2. The summed E-state index contributed by atoms with van der Waals surface area (Å²) in [5.74, 6) is -5.41. The molecule has 0 heterocycles. The van der Waals surface area contributed by atoms with Gasteiger partial charge in [0.2, 0.25) is 10.0 Å². The molecule has 1 fully saturated rings. The van der Waals surface area contributed by atoms with Crippen LogP contribution in [0.4, 0.5) is 24.5 Å². The zero-order valence-electron chi connectivity index (χ0n) is 14.6. The van der Waals surface area contributed by atoms with E-state index in [1.807, 2.05) is 0 Å². The zero-order chi connectivity index (χ0) is 20.5. The molecule has 4 N–H and O–H groups in total. The van der Waals surface area contributed by atoms with Crippen LogP contribution < -0.4 is 15.8 Å². The third-order valence-electron chi connectivity index (χ3n) is 4.48. The molecule has 2 aromatic rings. The molecule has 1 saturated carbocycles. The van der Waals surface area contributed by atoms with Crippen molar-refractivity contribution in [1.29, 1.82) is 0 Å². The molecule has 1 amide bonds. The number of amides is 1. The molecule has 10 heteroatoms. The largest absolute Gasteiger partial charge is 0.398 e. The number of carbonyl (C=O) groups is 1. The van der Waals surface area contributed by atoms with Gasteiger partial charge in [0.05, 0.1) is 5.69 Å². The summed E-state index contributed by atoms with van der Waals surface area (Å²) in [6.45, 7) is 0. The van der Waals surface area contributed by atoms with E-state index in [4.69, 9.17) is 5.73 Å². The van der Waals surface area contributed by atoms with Crippen LogP contribution in [0.5, 0.6) is 0 Å². The number of nitrogens with two attached hydrogens (primary N) is 1. The number of carbonyl (C=O) groups excluding carboxylic acids is 1. The van der Waals surface area contributed by atoms with Crippen LogP contribution in [-0.2, 0) is 10.0 Å². The molecule has 6 nitrogen and oxygen atoms in total. The smallest absolute Gasteiger partial charge is 0.255 e. The minimum atomic E-state index is -3.95. The first-order valence-electron chi connectivity index (χ1n) is 8.55. The second-order valence-electron chi connectivity index (χ2n) is 6.56. The summed E-state index contributed by atoms with van der Waals surface area (Å²) in [5.41, 5.74) is 5.32. The molecule has 0 bridgehead atoms. The van der Waals surface area contributed by atoms with Gasteiger partial charge < -0.3 is 11.1 Å². The number of hydrogen-bond donors (Lipinski definition) is 3. The Bertz CT molecular complexity index is 999. The molecule has 0 saturated heterocycles. The lowest BCUT2D eigenvalue weighted by molar-refractivity contribution is 0.102. The van der Waals surface area contributed by atoms with Gasteiger partial charge in [-0.25, -0.2) is 26.3 Å². The fourth-order valence-corrected chi connectivity index (χ4v) is 4.53. The zero-order valence-corrected chi connectivity index (χ0v) is 15.5. The minimum absolute atomic E-state index is 0.0408. The Labute approximate surface area is 160 Å². The molecular weight excluding hydrogens is 395 g/mol. The van der Waals surface area contributed by atoms with Crippen LogP contribution in [0.3, 0.4) is 0 Å². The first-order valence-corrected chi connectivity index (χ1v) is 10.0. The summed E-state index contributed by atoms with van der Waals surface area (Å²) in [4.78, 5) is 12.1. The van der Waals surface area contributed by atoms with E-state index in [1.165, 1.54) is 12.1 Å². The number of sulfonamides is 1. The molecule has 0 aromatic heterocycles. The molecular formula is C18H18F3N3O3S. The van der Waals surface area contributed by atoms with Crippen molar-refractivity contribution < 1.29 is 26.4 Å². The topological polar surface area (TPSA) is 101 Å². The summed E-state index contributed by atoms with van der Waals surface area (Å²) in [7, 11) is -3.95. The Hall–Kier alpha value is -2.59. The molecule has 0 radical (unpaired) electrons. The Kier molecular flexibility index (Phi) is 5.61. The van der Waals surface area contributed by atoms with Gasteiger partial charge >= 0.3 is 0 Å². The Morgan fingerprint density at radius 3 is 2.25 bits per heavy atom. The van der Waals surface area contributed by atoms with Crippen LogP contribution in [0.25, 0.3) is 0 Å². The highest BCUT2D eigenvalue weighted by Crippen LogP contribution is 2.25. The third kappa shape index (κ3) is 4.28. The molecule has 2 aromatic carbocycles. The molecule has 0 unspecified atom stereocenters. The number of anilines is 2. The van der Waals surface area contributed by atoms with Gasteiger partial charge in [-0.05, 0) is 31.0 Å². The van der Waals surface area contributed by atoms with E-state index >= 15 is 0 Å². The van der Waals surface area contributed by atoms with Crippen LogP contribution in [0.15, 0.2) is 35.2 Å². The maximum Gasteiger partial charge on any atom is 0.255 e. The molecule has 1 aliphatic carbocycles. The lowest BCUT2D eigenvalue weighted by atomic mass is 10.2. The van der Waals surface area contributed by atoms with E-state index < -0.39 is 33.4 Å². The van der Waals surface area contributed by atoms with Gasteiger partial charge in [-0.1, -0.05) is 12.8 Å². The van der Waals surface area contributed by atoms with E-state index in [0.29, 0.717) is 12.1 Å². The summed E-state index contributed by atoms with van der Waals surface area (Å²) >= 11 is 0. The Morgan fingerprint density at radius 2 is 1.64 bits per heavy atom. The van der Waals surface area contributed by atoms with Crippen LogP contribution in [0, 0.1) is 17.5 Å². The predicted molar refractivity (Wildman–Crippen MR) is 97.7 cm³/mol. The van der Waals surface area contributed by atoms with Crippen LogP contribution in [0.2, 0.25) is 0 Å². The highest BCUT2D eigenvalue weighted by molar-refractivity contribution is 7.89. The van der Waals surface area contributed by atoms with E-state index in [-0.39, 0.29) is 27.9 Å². The second-order valence-corrected chi connectivity index (χ2v) is 8.25. The van der Waals surface area contributed by atoms with Crippen molar-refractivity contribution >= 4 is 27.3 Å². The summed E-state index contributed by atoms with van der Waals surface area (Å²) in [6, 6.07) is 4.66. The van der Waals surface area contributed by atoms with Crippen LogP contribution in [-0.4, -0.2) is 20.4 Å². The van der Waals surface area contributed by atoms with E-state index in [1.54, 1.807) is 0 Å². The van der Waals surface area contributed by atoms with E-state index in [9.17, 15) is 26.4 Å². The average Bonchev–Trinajstić information content (AvgIpc) is 3.12. The molecule has 1 aliphatic rings. The third-order valence-corrected chi connectivity index (χ3v) is 6.06. The lowest BCUT2D eigenvalue weighted by Crippen LogP contribution is -2.33. The highest BCUT2D eigenvalue weighted by Gasteiger charge is 2.25. The fraction of sp³-hybridized carbons (Fsp3) is 0.278. The van der Waals surface area contributed by atoms with Crippen LogP contribution in [0.1, 0.15) is 36.0 Å². The maximum absolute atomic E-state index is 13.3. The standard InChI is InChI=1S/C18H18F3N3O3S/c19-13-8-12(9-14(20)17(13)21)23-18(25)10-5-6-15(22)16(7-10)28(26,27)24-11-3-1-2-4-11/h5-9,11,24H,1-4,22H2,(H,23,25). The SMILES string of the molecule is Nc1ccc(C(=O)Nc2cc(F)c(F)c(F)c2)cc1S(=O)(=O)NC1CCCC1. The molecule has 150 valence electrons. The number of halogens is 3. The quantitative estimate of drug-likeness (QED) is 0.518. The molecule has 0 spiro atoms. The normalized spacial score (nSPS) is 15.0. The summed E-state index contributed by atoms with van der Waals surface area (Å²) < 4.78 is 67.4. The van der Waals surface area contributed by atoms with Gasteiger partial charge in [-0.2, -0.15) is 0 Å². The predicted octanol–water partition coefficient (Wildman–Crippen LogP) is 3.16. The minimum Gasteiger partial charge on any atom is -0.398 e. The van der Waals surface area contributed by atoms with Gasteiger partial charge in [0.15, 0.2) is 17.5 Å². The van der Waals surface area contributed by atoms with Crippen molar-refractivity contribution in [3.8, 4) is 0 Å². The summed E-state index contributed by atoms with van der Waals surface area (Å²) in [6.07, 6.45) is 3.30. The number of rotatable bonds is 5. The average molecular weight is 413 g/mol. The molecule has 0 atom stereocenters. The van der Waals surface area contributed by atoms with Crippen molar-refractivity contribution in [3.05, 3.63) is 53.3 Å². The van der Waals surface area contributed by atoms with Gasteiger partial charge in [0, 0.05) is 29.4 Å². The van der Waals surface area contributed by atoms with Gasteiger partial charge in [0.1, 0.15) is 4.90 Å². The van der Waals surface area contributed by atoms with Gasteiger partial charge in [-0.15, -0.1) is 0 Å². The number of hydrogen-bond acceptors (Lipinski definition) is 4. The van der Waals surface area contributed by atoms with Crippen molar-refractivity contribution in [2.75, 3.05) is 11.1 Å². The van der Waals surface area contributed by atoms with Crippen molar-refractivity contribution in [1.82, 2.24) is 4.72 Å². The van der Waals surface area contributed by atoms with E-state index in [2.05, 4.69) is 10.0 Å². The number of nitrogens with one attached hydrogen (secondary N) is 2. The van der Waals surface area contributed by atoms with Gasteiger partial charge in [0.25, 0.3) is 5.91 Å². The van der Waals surface area contributed by atoms with Crippen molar-refractivity contribution in [3.63, 3.8) is 0 Å². The first-order chi connectivity index (χ1) is 13.2.